The van der Waals surface area contributed by atoms with Gasteiger partial charge >= 0.3 is 0 Å². The van der Waals surface area contributed by atoms with Crippen LogP contribution in [0.3, 0.4) is 0 Å². The molecular formula is C24H32N2O3. The van der Waals surface area contributed by atoms with Crippen molar-refractivity contribution in [1.82, 2.24) is 10.2 Å². The van der Waals surface area contributed by atoms with Gasteiger partial charge in [-0.25, -0.2) is 0 Å². The molecule has 0 atom stereocenters. The van der Waals surface area contributed by atoms with Crippen molar-refractivity contribution in [2.24, 2.45) is 23.2 Å². The van der Waals surface area contributed by atoms with E-state index in [0.29, 0.717) is 30.3 Å². The zero-order valence-electron chi connectivity index (χ0n) is 17.4. The number of nitrogens with one attached hydrogen (secondary N) is 1. The van der Waals surface area contributed by atoms with Crippen LogP contribution in [0.1, 0.15) is 61.7 Å². The van der Waals surface area contributed by atoms with E-state index in [2.05, 4.69) is 5.32 Å². The van der Waals surface area contributed by atoms with Crippen LogP contribution in [0.2, 0.25) is 0 Å². The van der Waals surface area contributed by atoms with E-state index < -0.39 is 0 Å². The van der Waals surface area contributed by atoms with Crippen LogP contribution in [-0.2, 0) is 4.79 Å². The van der Waals surface area contributed by atoms with Crippen molar-refractivity contribution < 1.29 is 14.3 Å². The number of amides is 2. The number of benzene rings is 1. The third-order valence-electron chi connectivity index (χ3n) is 7.95. The number of methoxy groups -OCH3 is 1. The molecule has 4 saturated carbocycles. The molecule has 0 unspecified atom stereocenters. The molecule has 1 saturated heterocycles. The summed E-state index contributed by atoms with van der Waals surface area (Å²) in [5.74, 6) is 3.43. The molecule has 0 radical (unpaired) electrons. The standard InChI is InChI=1S/C24H32N2O3/c1-29-21-4-2-3-19(12-21)22(27)26-7-5-20(6-8-26)25-23(28)24-13-16-9-17(14-24)11-18(10-16)15-24/h2-4,12,16-18,20H,5-11,13-15H2,1H3,(H,25,28). The lowest BCUT2D eigenvalue weighted by Crippen LogP contribution is -2.56. The second-order valence-electron chi connectivity index (χ2n) is 9.97. The summed E-state index contributed by atoms with van der Waals surface area (Å²) in [7, 11) is 1.61. The summed E-state index contributed by atoms with van der Waals surface area (Å²) in [5, 5.41) is 3.40. The third kappa shape index (κ3) is 3.53. The molecule has 29 heavy (non-hydrogen) atoms. The Bertz CT molecular complexity index is 762. The molecule has 2 amide bonds. The van der Waals surface area contributed by atoms with Crippen molar-refractivity contribution in [2.45, 2.75) is 57.4 Å². The SMILES string of the molecule is COc1cccc(C(=O)N2CCC(NC(=O)C34CC5CC(CC(C5)C3)C4)CC2)c1. The lowest BCUT2D eigenvalue weighted by Gasteiger charge is -2.56. The molecule has 5 aliphatic rings. The molecule has 6 rings (SSSR count). The summed E-state index contributed by atoms with van der Waals surface area (Å²) >= 11 is 0. The number of nitrogens with zero attached hydrogens (tertiary/aromatic N) is 1. The normalized spacial score (nSPS) is 33.6. The zero-order valence-corrected chi connectivity index (χ0v) is 17.4. The van der Waals surface area contributed by atoms with Gasteiger partial charge in [-0.05, 0) is 87.3 Å². The van der Waals surface area contributed by atoms with Gasteiger partial charge in [-0.15, -0.1) is 0 Å². The number of carbonyl (C=O) groups is 2. The number of hydrogen-bond donors (Lipinski definition) is 1. The Labute approximate surface area is 173 Å². The van der Waals surface area contributed by atoms with Gasteiger partial charge in [-0.2, -0.15) is 0 Å². The molecule has 0 aromatic heterocycles. The van der Waals surface area contributed by atoms with Gasteiger partial charge in [0.25, 0.3) is 5.91 Å². The minimum atomic E-state index is -0.0811. The van der Waals surface area contributed by atoms with Gasteiger partial charge in [0.15, 0.2) is 0 Å². The van der Waals surface area contributed by atoms with Gasteiger partial charge < -0.3 is 15.0 Å². The van der Waals surface area contributed by atoms with Crippen molar-refractivity contribution in [3.8, 4) is 5.75 Å². The number of likely N-dealkylation sites (tertiary alicyclic amines) is 1. The molecule has 0 spiro atoms. The fraction of sp³-hybridized carbons (Fsp3) is 0.667. The minimum Gasteiger partial charge on any atom is -0.497 e. The molecule has 1 aliphatic heterocycles. The summed E-state index contributed by atoms with van der Waals surface area (Å²) in [6.45, 7) is 1.39. The van der Waals surface area contributed by atoms with E-state index in [1.54, 1.807) is 13.2 Å². The summed E-state index contributed by atoms with van der Waals surface area (Å²) < 4.78 is 5.24. The van der Waals surface area contributed by atoms with Crippen molar-refractivity contribution in [2.75, 3.05) is 20.2 Å². The first-order valence-electron chi connectivity index (χ1n) is 11.3. The Morgan fingerprint density at radius 1 is 1.03 bits per heavy atom. The van der Waals surface area contributed by atoms with Crippen molar-refractivity contribution in [3.05, 3.63) is 29.8 Å². The van der Waals surface area contributed by atoms with E-state index in [4.69, 9.17) is 4.74 Å². The van der Waals surface area contributed by atoms with Crippen molar-refractivity contribution >= 4 is 11.8 Å². The molecule has 5 heteroatoms. The quantitative estimate of drug-likeness (QED) is 0.845. The van der Waals surface area contributed by atoms with Crippen LogP contribution in [0.4, 0.5) is 0 Å². The molecule has 156 valence electrons. The average molecular weight is 397 g/mol. The predicted octanol–water partition coefficient (Wildman–Crippen LogP) is 3.63. The Balaban J connectivity index is 1.17. The molecule has 4 aliphatic carbocycles. The Kier molecular flexibility index (Phi) is 4.79. The van der Waals surface area contributed by atoms with E-state index in [0.717, 1.165) is 49.9 Å². The molecular weight excluding hydrogens is 364 g/mol. The van der Waals surface area contributed by atoms with Gasteiger partial charge in [0.05, 0.1) is 7.11 Å². The molecule has 5 fully saturated rings. The first-order valence-corrected chi connectivity index (χ1v) is 11.3. The third-order valence-corrected chi connectivity index (χ3v) is 7.95. The van der Waals surface area contributed by atoms with E-state index in [-0.39, 0.29) is 17.4 Å². The van der Waals surface area contributed by atoms with E-state index in [1.807, 2.05) is 23.1 Å². The van der Waals surface area contributed by atoms with Crippen LogP contribution < -0.4 is 10.1 Å². The summed E-state index contributed by atoms with van der Waals surface area (Å²) in [6, 6.07) is 7.53. The highest BCUT2D eigenvalue weighted by atomic mass is 16.5. The van der Waals surface area contributed by atoms with E-state index in [9.17, 15) is 9.59 Å². The maximum Gasteiger partial charge on any atom is 0.253 e. The topological polar surface area (TPSA) is 58.6 Å². The molecule has 1 aromatic carbocycles. The molecule has 1 aromatic rings. The van der Waals surface area contributed by atoms with Gasteiger partial charge in [-0.1, -0.05) is 6.07 Å². The molecule has 1 heterocycles. The van der Waals surface area contributed by atoms with Gasteiger partial charge in [0.2, 0.25) is 5.91 Å². The number of rotatable bonds is 4. The number of ether oxygens (including phenoxy) is 1. The monoisotopic (exact) mass is 396 g/mol. The Morgan fingerprint density at radius 3 is 2.24 bits per heavy atom. The van der Waals surface area contributed by atoms with Gasteiger partial charge in [0, 0.05) is 30.1 Å². The Hall–Kier alpha value is -2.04. The van der Waals surface area contributed by atoms with Crippen LogP contribution in [0, 0.1) is 23.2 Å². The van der Waals surface area contributed by atoms with Gasteiger partial charge in [-0.3, -0.25) is 9.59 Å². The fourth-order valence-corrected chi connectivity index (χ4v) is 6.89. The summed E-state index contributed by atoms with van der Waals surface area (Å²) in [6.07, 6.45) is 9.08. The predicted molar refractivity (Wildman–Crippen MR) is 111 cm³/mol. The fourth-order valence-electron chi connectivity index (χ4n) is 6.89. The van der Waals surface area contributed by atoms with Crippen LogP contribution in [0.15, 0.2) is 24.3 Å². The maximum absolute atomic E-state index is 13.3. The van der Waals surface area contributed by atoms with Crippen LogP contribution in [-0.4, -0.2) is 43.0 Å². The van der Waals surface area contributed by atoms with Crippen LogP contribution in [0.5, 0.6) is 5.75 Å². The molecule has 1 N–H and O–H groups in total. The van der Waals surface area contributed by atoms with Crippen molar-refractivity contribution in [3.63, 3.8) is 0 Å². The lowest BCUT2D eigenvalue weighted by molar-refractivity contribution is -0.147. The van der Waals surface area contributed by atoms with E-state index in [1.165, 1.54) is 19.3 Å². The molecule has 5 nitrogen and oxygen atoms in total. The largest absolute Gasteiger partial charge is 0.497 e. The summed E-state index contributed by atoms with van der Waals surface area (Å²) in [5.41, 5.74) is 0.586. The highest BCUT2D eigenvalue weighted by molar-refractivity contribution is 5.94. The number of hydrogen-bond acceptors (Lipinski definition) is 3. The highest BCUT2D eigenvalue weighted by Gasteiger charge is 2.54. The first kappa shape index (κ1) is 19.0. The van der Waals surface area contributed by atoms with Gasteiger partial charge in [0.1, 0.15) is 5.75 Å². The molecule has 4 bridgehead atoms. The van der Waals surface area contributed by atoms with E-state index >= 15 is 0 Å². The first-order chi connectivity index (χ1) is 14.0. The van der Waals surface area contributed by atoms with Crippen LogP contribution in [0.25, 0.3) is 0 Å². The smallest absolute Gasteiger partial charge is 0.253 e. The maximum atomic E-state index is 13.3. The second kappa shape index (κ2) is 7.33. The Morgan fingerprint density at radius 2 is 1.66 bits per heavy atom. The highest BCUT2D eigenvalue weighted by Crippen LogP contribution is 2.60. The second-order valence-corrected chi connectivity index (χ2v) is 9.97. The van der Waals surface area contributed by atoms with Crippen LogP contribution >= 0.6 is 0 Å². The van der Waals surface area contributed by atoms with Crippen molar-refractivity contribution in [1.29, 1.82) is 0 Å². The summed E-state index contributed by atoms with van der Waals surface area (Å²) in [4.78, 5) is 28.0. The zero-order chi connectivity index (χ0) is 20.0. The average Bonchev–Trinajstić information content (AvgIpc) is 2.73. The lowest BCUT2D eigenvalue weighted by atomic mass is 9.49. The minimum absolute atomic E-state index is 0.0507. The number of carbonyl (C=O) groups excluding carboxylic acids is 2. The number of piperidine rings is 1.